The number of amides is 2. The zero-order valence-corrected chi connectivity index (χ0v) is 11.9. The van der Waals surface area contributed by atoms with E-state index in [4.69, 9.17) is 10.3 Å². The number of anilines is 1. The predicted octanol–water partition coefficient (Wildman–Crippen LogP) is -2.57. The molecule has 0 bridgehead atoms. The molecule has 2 amide bonds. The molecule has 0 saturated carbocycles. The standard InChI is InChI=1S/C7H8N2O4S.K/c8-7(10)9-5-1-3-6(4-2-5)14(11,12)13;/h1-4H,(H3,8,9,10)(H,11,12,13);/q;+1. The summed E-state index contributed by atoms with van der Waals surface area (Å²) in [7, 11) is -4.19. The number of hydrogen-bond acceptors (Lipinski definition) is 3. The molecule has 76 valence electrons. The summed E-state index contributed by atoms with van der Waals surface area (Å²) in [5.41, 5.74) is 5.18. The molecule has 6 nitrogen and oxygen atoms in total. The van der Waals surface area contributed by atoms with Crippen LogP contribution in [0.3, 0.4) is 0 Å². The largest absolute Gasteiger partial charge is 1.00 e. The fourth-order valence-corrected chi connectivity index (χ4v) is 1.33. The van der Waals surface area contributed by atoms with Crippen molar-refractivity contribution in [2.75, 3.05) is 5.32 Å². The molecule has 0 fully saturated rings. The maximum absolute atomic E-state index is 10.6. The van der Waals surface area contributed by atoms with E-state index in [-0.39, 0.29) is 56.3 Å². The minimum absolute atomic E-state index is 0. The van der Waals surface area contributed by atoms with Crippen LogP contribution in [0.15, 0.2) is 29.2 Å². The van der Waals surface area contributed by atoms with Crippen molar-refractivity contribution in [3.63, 3.8) is 0 Å². The Morgan fingerprint density at radius 1 is 1.27 bits per heavy atom. The van der Waals surface area contributed by atoms with Crippen LogP contribution in [-0.4, -0.2) is 19.0 Å². The summed E-state index contributed by atoms with van der Waals surface area (Å²) in [6.45, 7) is 0. The van der Waals surface area contributed by atoms with Gasteiger partial charge in [0.25, 0.3) is 10.1 Å². The number of carbonyl (C=O) groups is 1. The van der Waals surface area contributed by atoms with Crippen molar-refractivity contribution < 1.29 is 69.1 Å². The van der Waals surface area contributed by atoms with Crippen LogP contribution >= 0.6 is 0 Å². The zero-order valence-electron chi connectivity index (χ0n) is 7.97. The van der Waals surface area contributed by atoms with Crippen molar-refractivity contribution in [2.24, 2.45) is 5.73 Å². The number of nitrogens with two attached hydrogens (primary N) is 1. The summed E-state index contributed by atoms with van der Waals surface area (Å²) >= 11 is 0. The molecule has 1 rings (SSSR count). The van der Waals surface area contributed by atoms with Gasteiger partial charge >= 0.3 is 57.4 Å². The molecule has 0 radical (unpaired) electrons. The van der Waals surface area contributed by atoms with E-state index in [0.717, 1.165) is 12.1 Å². The van der Waals surface area contributed by atoms with Crippen molar-refractivity contribution >= 4 is 21.8 Å². The SMILES string of the molecule is NC(=O)Nc1ccc(S(=O)(=O)O)cc1.[K+]. The monoisotopic (exact) mass is 255 g/mol. The van der Waals surface area contributed by atoms with Crippen molar-refractivity contribution in [3.05, 3.63) is 24.3 Å². The number of benzene rings is 1. The smallest absolute Gasteiger partial charge is 0.351 e. The van der Waals surface area contributed by atoms with Gasteiger partial charge in [0.15, 0.2) is 0 Å². The Bertz CT molecular complexity index is 443. The molecule has 0 atom stereocenters. The Morgan fingerprint density at radius 2 is 1.73 bits per heavy atom. The van der Waals surface area contributed by atoms with Gasteiger partial charge in [-0.25, -0.2) is 4.79 Å². The first-order valence-electron chi connectivity index (χ1n) is 3.53. The van der Waals surface area contributed by atoms with Crippen LogP contribution in [0, 0.1) is 0 Å². The third-order valence-corrected chi connectivity index (χ3v) is 2.29. The second-order valence-electron chi connectivity index (χ2n) is 2.49. The van der Waals surface area contributed by atoms with Crippen LogP contribution in [-0.2, 0) is 10.1 Å². The van der Waals surface area contributed by atoms with E-state index in [1.54, 1.807) is 0 Å². The minimum Gasteiger partial charge on any atom is -0.351 e. The second kappa shape index (κ2) is 5.94. The Balaban J connectivity index is 0.00000196. The molecule has 0 aliphatic heterocycles. The molecule has 0 aliphatic rings. The molecule has 0 aromatic heterocycles. The maximum atomic E-state index is 10.6. The predicted molar refractivity (Wildman–Crippen MR) is 49.5 cm³/mol. The molecule has 0 aliphatic carbocycles. The van der Waals surface area contributed by atoms with E-state index in [1.165, 1.54) is 12.1 Å². The molecule has 0 unspecified atom stereocenters. The second-order valence-corrected chi connectivity index (χ2v) is 3.91. The summed E-state index contributed by atoms with van der Waals surface area (Å²) in [5, 5.41) is 2.25. The van der Waals surface area contributed by atoms with Crippen LogP contribution in [0.25, 0.3) is 0 Å². The molecule has 4 N–H and O–H groups in total. The Morgan fingerprint density at radius 3 is 2.07 bits per heavy atom. The average molecular weight is 255 g/mol. The normalized spacial score (nSPS) is 10.2. The Hall–Kier alpha value is 0.0364. The Kier molecular flexibility index (Phi) is 5.96. The van der Waals surface area contributed by atoms with E-state index >= 15 is 0 Å². The molecule has 0 heterocycles. The van der Waals surface area contributed by atoms with Gasteiger partial charge in [-0.3, -0.25) is 4.55 Å². The summed E-state index contributed by atoms with van der Waals surface area (Å²) in [5.74, 6) is 0. The molecular weight excluding hydrogens is 247 g/mol. The van der Waals surface area contributed by atoms with Gasteiger partial charge in [0.05, 0.1) is 4.90 Å². The van der Waals surface area contributed by atoms with Gasteiger partial charge in [-0.2, -0.15) is 8.42 Å². The van der Waals surface area contributed by atoms with E-state index < -0.39 is 16.1 Å². The van der Waals surface area contributed by atoms with Crippen LogP contribution < -0.4 is 62.4 Å². The molecule has 1 aromatic carbocycles. The van der Waals surface area contributed by atoms with Gasteiger partial charge in [0, 0.05) is 5.69 Å². The van der Waals surface area contributed by atoms with Gasteiger partial charge in [-0.05, 0) is 24.3 Å². The van der Waals surface area contributed by atoms with Crippen LogP contribution in [0.4, 0.5) is 10.5 Å². The zero-order chi connectivity index (χ0) is 10.8. The molecule has 15 heavy (non-hydrogen) atoms. The van der Waals surface area contributed by atoms with Gasteiger partial charge in [-0.1, -0.05) is 0 Å². The summed E-state index contributed by atoms with van der Waals surface area (Å²) < 4.78 is 29.8. The van der Waals surface area contributed by atoms with E-state index in [2.05, 4.69) is 5.32 Å². The van der Waals surface area contributed by atoms with Gasteiger partial charge in [0.2, 0.25) is 0 Å². The van der Waals surface area contributed by atoms with Crippen LogP contribution in [0.2, 0.25) is 0 Å². The van der Waals surface area contributed by atoms with E-state index in [9.17, 15) is 13.2 Å². The van der Waals surface area contributed by atoms with Gasteiger partial charge in [0.1, 0.15) is 0 Å². The van der Waals surface area contributed by atoms with Gasteiger partial charge < -0.3 is 11.1 Å². The first-order chi connectivity index (χ1) is 6.39. The number of hydrogen-bond donors (Lipinski definition) is 3. The van der Waals surface area contributed by atoms with Crippen molar-refractivity contribution in [1.29, 1.82) is 0 Å². The van der Waals surface area contributed by atoms with Crippen LogP contribution in [0.5, 0.6) is 0 Å². The topological polar surface area (TPSA) is 109 Å². The molecule has 0 saturated heterocycles. The third-order valence-electron chi connectivity index (χ3n) is 1.42. The summed E-state index contributed by atoms with van der Waals surface area (Å²) in [6, 6.07) is 4.19. The summed E-state index contributed by atoms with van der Waals surface area (Å²) in [6.07, 6.45) is 0. The first kappa shape index (κ1) is 15.0. The number of nitrogens with one attached hydrogen (secondary N) is 1. The minimum atomic E-state index is -4.19. The van der Waals surface area contributed by atoms with Gasteiger partial charge in [-0.15, -0.1) is 0 Å². The van der Waals surface area contributed by atoms with Crippen molar-refractivity contribution in [2.45, 2.75) is 4.90 Å². The molecular formula is C7H8KN2O4S+. The number of carbonyl (C=O) groups excluding carboxylic acids is 1. The summed E-state index contributed by atoms with van der Waals surface area (Å²) in [4.78, 5) is 10.2. The number of primary amides is 1. The molecule has 0 spiro atoms. The quantitative estimate of drug-likeness (QED) is 0.398. The maximum Gasteiger partial charge on any atom is 1.00 e. The number of urea groups is 1. The fourth-order valence-electron chi connectivity index (χ4n) is 0.852. The van der Waals surface area contributed by atoms with Crippen molar-refractivity contribution in [1.82, 2.24) is 0 Å². The first-order valence-corrected chi connectivity index (χ1v) is 4.97. The van der Waals surface area contributed by atoms with Crippen molar-refractivity contribution in [3.8, 4) is 0 Å². The van der Waals surface area contributed by atoms with E-state index in [1.807, 2.05) is 0 Å². The van der Waals surface area contributed by atoms with Crippen LogP contribution in [0.1, 0.15) is 0 Å². The van der Waals surface area contributed by atoms with E-state index in [0.29, 0.717) is 5.69 Å². The molecule has 1 aromatic rings. The molecule has 8 heteroatoms. The Labute approximate surface area is 129 Å². The average Bonchev–Trinajstić information content (AvgIpc) is 2.02. The number of rotatable bonds is 2. The fraction of sp³-hybridized carbons (Fsp3) is 0. The third kappa shape index (κ3) is 5.07.